The van der Waals surface area contributed by atoms with E-state index in [0.717, 1.165) is 17.7 Å². The quantitative estimate of drug-likeness (QED) is 0.147. The van der Waals surface area contributed by atoms with Crippen molar-refractivity contribution >= 4 is 35.2 Å². The normalized spacial score (nSPS) is 16.6. The van der Waals surface area contributed by atoms with Gasteiger partial charge in [-0.1, -0.05) is 42.8 Å². The Morgan fingerprint density at radius 3 is 2.37 bits per heavy atom. The lowest BCUT2D eigenvalue weighted by Crippen LogP contribution is -2.36. The SMILES string of the molecule is CCCC(=O)OCCc1ccc(OCCCCOC(=O)C2=C(C)N=C(C)C(C(=O)OC)C2c2cccc(Cl)c2)cc1. The number of benzene rings is 2. The van der Waals surface area contributed by atoms with E-state index in [1.165, 1.54) is 7.11 Å². The third-order valence-corrected chi connectivity index (χ3v) is 7.02. The molecule has 1 aliphatic rings. The summed E-state index contributed by atoms with van der Waals surface area (Å²) in [7, 11) is 1.32. The second kappa shape index (κ2) is 16.0. The highest BCUT2D eigenvalue weighted by Gasteiger charge is 2.42. The number of allylic oxidation sites excluding steroid dienone is 1. The first-order chi connectivity index (χ1) is 19.7. The highest BCUT2D eigenvalue weighted by Crippen LogP contribution is 2.40. The van der Waals surface area contributed by atoms with Gasteiger partial charge in [0.1, 0.15) is 11.7 Å². The zero-order chi connectivity index (χ0) is 29.8. The predicted molar refractivity (Wildman–Crippen MR) is 157 cm³/mol. The lowest BCUT2D eigenvalue weighted by molar-refractivity contribution is -0.145. The number of aliphatic imine (C=N–C) groups is 1. The van der Waals surface area contributed by atoms with Gasteiger partial charge < -0.3 is 18.9 Å². The number of esters is 3. The Bertz CT molecular complexity index is 1270. The van der Waals surface area contributed by atoms with Gasteiger partial charge in [0.2, 0.25) is 0 Å². The standard InChI is InChI=1S/C32H38ClNO7/c1-5-9-27(35)40-19-16-23-12-14-26(15-13-23)39-17-6-7-18-41-32(37)29-22(3)34-21(2)28(31(36)38-4)30(29)24-10-8-11-25(33)20-24/h8,10-15,20,28,30H,5-7,9,16-19H2,1-4H3. The van der Waals surface area contributed by atoms with Crippen molar-refractivity contribution in [3.63, 3.8) is 0 Å². The summed E-state index contributed by atoms with van der Waals surface area (Å²) in [5.41, 5.74) is 3.17. The third-order valence-electron chi connectivity index (χ3n) is 6.78. The molecule has 220 valence electrons. The minimum absolute atomic E-state index is 0.168. The summed E-state index contributed by atoms with van der Waals surface area (Å²) in [6.07, 6.45) is 3.16. The topological polar surface area (TPSA) is 100 Å². The van der Waals surface area contributed by atoms with Crippen LogP contribution >= 0.6 is 11.6 Å². The van der Waals surface area contributed by atoms with Crippen LogP contribution in [0.2, 0.25) is 5.02 Å². The lowest BCUT2D eigenvalue weighted by Gasteiger charge is -2.31. The molecule has 2 atom stereocenters. The molecule has 41 heavy (non-hydrogen) atoms. The molecule has 0 aromatic heterocycles. The summed E-state index contributed by atoms with van der Waals surface area (Å²) in [5, 5.41) is 0.499. The third kappa shape index (κ3) is 9.18. The predicted octanol–water partition coefficient (Wildman–Crippen LogP) is 6.25. The van der Waals surface area contributed by atoms with E-state index in [9.17, 15) is 14.4 Å². The van der Waals surface area contributed by atoms with E-state index in [1.807, 2.05) is 37.3 Å². The molecule has 0 spiro atoms. The van der Waals surface area contributed by atoms with Gasteiger partial charge in [0.05, 0.1) is 32.5 Å². The summed E-state index contributed by atoms with van der Waals surface area (Å²) < 4.78 is 21.7. The summed E-state index contributed by atoms with van der Waals surface area (Å²) in [6.45, 7) is 6.46. The number of nitrogens with zero attached hydrogens (tertiary/aromatic N) is 1. The number of hydrogen-bond acceptors (Lipinski definition) is 8. The fourth-order valence-electron chi connectivity index (χ4n) is 4.74. The van der Waals surface area contributed by atoms with Crippen LogP contribution in [0.15, 0.2) is 64.8 Å². The highest BCUT2D eigenvalue weighted by molar-refractivity contribution is 6.30. The number of carbonyl (C=O) groups excluding carboxylic acids is 3. The van der Waals surface area contributed by atoms with E-state index < -0.39 is 23.8 Å². The van der Waals surface area contributed by atoms with Gasteiger partial charge in [-0.2, -0.15) is 0 Å². The molecule has 0 saturated carbocycles. The molecule has 0 amide bonds. The number of ether oxygens (including phenoxy) is 4. The smallest absolute Gasteiger partial charge is 0.336 e. The van der Waals surface area contributed by atoms with Crippen molar-refractivity contribution in [3.8, 4) is 5.75 Å². The van der Waals surface area contributed by atoms with E-state index in [0.29, 0.717) is 66.5 Å². The molecule has 9 heteroatoms. The van der Waals surface area contributed by atoms with Crippen molar-refractivity contribution in [1.82, 2.24) is 0 Å². The summed E-state index contributed by atoms with van der Waals surface area (Å²) in [6, 6.07) is 14.8. The molecule has 1 aliphatic heterocycles. The van der Waals surface area contributed by atoms with E-state index in [-0.39, 0.29) is 12.6 Å². The average molecular weight is 584 g/mol. The molecule has 3 rings (SSSR count). The first-order valence-electron chi connectivity index (χ1n) is 13.9. The van der Waals surface area contributed by atoms with Gasteiger partial charge in [0.15, 0.2) is 0 Å². The fourth-order valence-corrected chi connectivity index (χ4v) is 4.94. The van der Waals surface area contributed by atoms with Crippen LogP contribution in [0.3, 0.4) is 0 Å². The van der Waals surface area contributed by atoms with Crippen molar-refractivity contribution in [2.75, 3.05) is 26.9 Å². The minimum atomic E-state index is -0.763. The van der Waals surface area contributed by atoms with Crippen LogP contribution in [0.25, 0.3) is 0 Å². The van der Waals surface area contributed by atoms with E-state index >= 15 is 0 Å². The number of carbonyl (C=O) groups is 3. The zero-order valence-electron chi connectivity index (χ0n) is 24.1. The van der Waals surface area contributed by atoms with Gasteiger partial charge in [0, 0.05) is 35.2 Å². The van der Waals surface area contributed by atoms with Crippen molar-refractivity contribution in [1.29, 1.82) is 0 Å². The Hall–Kier alpha value is -3.65. The largest absolute Gasteiger partial charge is 0.494 e. The molecule has 0 N–H and O–H groups in total. The second-order valence-corrected chi connectivity index (χ2v) is 10.3. The summed E-state index contributed by atoms with van der Waals surface area (Å²) in [4.78, 5) is 42.0. The average Bonchev–Trinajstić information content (AvgIpc) is 2.95. The lowest BCUT2D eigenvalue weighted by atomic mass is 9.75. The molecule has 1 heterocycles. The molecular weight excluding hydrogens is 546 g/mol. The van der Waals surface area contributed by atoms with Crippen LogP contribution in [0.4, 0.5) is 0 Å². The second-order valence-electron chi connectivity index (χ2n) is 9.84. The van der Waals surface area contributed by atoms with Gasteiger partial charge in [-0.05, 0) is 68.5 Å². The first-order valence-corrected chi connectivity index (χ1v) is 14.3. The number of methoxy groups -OCH3 is 1. The number of unbranched alkanes of at least 4 members (excludes halogenated alkanes) is 1. The molecule has 0 radical (unpaired) electrons. The van der Waals surface area contributed by atoms with E-state index in [4.69, 9.17) is 30.5 Å². The van der Waals surface area contributed by atoms with Crippen LogP contribution in [0.1, 0.15) is 63.5 Å². The summed E-state index contributed by atoms with van der Waals surface area (Å²) in [5.74, 6) is -1.81. The zero-order valence-corrected chi connectivity index (χ0v) is 24.9. The minimum Gasteiger partial charge on any atom is -0.494 e. The van der Waals surface area contributed by atoms with Crippen LogP contribution in [0.5, 0.6) is 5.75 Å². The van der Waals surface area contributed by atoms with Crippen LogP contribution in [0, 0.1) is 5.92 Å². The molecule has 8 nitrogen and oxygen atoms in total. The van der Waals surface area contributed by atoms with Gasteiger partial charge in [-0.25, -0.2) is 4.79 Å². The van der Waals surface area contributed by atoms with Gasteiger partial charge in [0.25, 0.3) is 0 Å². The number of halogens is 1. The number of hydrogen-bond donors (Lipinski definition) is 0. The van der Waals surface area contributed by atoms with Crippen molar-refractivity contribution in [2.24, 2.45) is 10.9 Å². The van der Waals surface area contributed by atoms with Crippen LogP contribution < -0.4 is 4.74 Å². The van der Waals surface area contributed by atoms with Crippen molar-refractivity contribution < 1.29 is 33.3 Å². The highest BCUT2D eigenvalue weighted by atomic mass is 35.5. The molecule has 0 bridgehead atoms. The monoisotopic (exact) mass is 583 g/mol. The maximum absolute atomic E-state index is 13.3. The van der Waals surface area contributed by atoms with Gasteiger partial charge in [-0.3, -0.25) is 14.6 Å². The number of rotatable bonds is 14. The molecule has 0 aliphatic carbocycles. The Balaban J connectivity index is 1.50. The van der Waals surface area contributed by atoms with Crippen LogP contribution in [-0.4, -0.2) is 50.6 Å². The molecular formula is C32H38ClNO7. The Labute approximate surface area is 246 Å². The Morgan fingerprint density at radius 1 is 0.951 bits per heavy atom. The van der Waals surface area contributed by atoms with Gasteiger partial charge >= 0.3 is 17.9 Å². The van der Waals surface area contributed by atoms with Gasteiger partial charge in [-0.15, -0.1) is 0 Å². The molecule has 0 saturated heterocycles. The first kappa shape index (κ1) is 31.9. The van der Waals surface area contributed by atoms with E-state index in [2.05, 4.69) is 4.99 Å². The summed E-state index contributed by atoms with van der Waals surface area (Å²) >= 11 is 6.24. The fraction of sp³-hybridized carbons (Fsp3) is 0.438. The molecule has 2 aromatic carbocycles. The maximum atomic E-state index is 13.3. The Morgan fingerprint density at radius 2 is 1.68 bits per heavy atom. The van der Waals surface area contributed by atoms with Crippen molar-refractivity contribution in [3.05, 3.63) is 76.0 Å². The molecule has 2 unspecified atom stereocenters. The van der Waals surface area contributed by atoms with E-state index in [1.54, 1.807) is 32.0 Å². The maximum Gasteiger partial charge on any atom is 0.336 e. The molecule has 0 fully saturated rings. The molecule has 2 aromatic rings. The Kier molecular flexibility index (Phi) is 12.4. The van der Waals surface area contributed by atoms with Crippen LogP contribution in [-0.2, 0) is 35.0 Å². The van der Waals surface area contributed by atoms with Crippen molar-refractivity contribution in [2.45, 2.75) is 58.8 Å².